The molecule has 1 aliphatic rings. The fourth-order valence-electron chi connectivity index (χ4n) is 1.77. The van der Waals surface area contributed by atoms with Crippen molar-refractivity contribution < 1.29 is 14.3 Å². The molecule has 0 saturated heterocycles. The molecule has 16 heavy (non-hydrogen) atoms. The molecule has 0 fully saturated rings. The molecule has 0 aliphatic carbocycles. The molecule has 1 heterocycles. The lowest BCUT2D eigenvalue weighted by Gasteiger charge is -2.13. The number of rotatable bonds is 3. The average Bonchev–Trinajstić information content (AvgIpc) is 2.47. The van der Waals surface area contributed by atoms with E-state index in [1.54, 1.807) is 12.1 Å². The van der Waals surface area contributed by atoms with E-state index in [0.717, 1.165) is 19.3 Å². The van der Waals surface area contributed by atoms with Crippen LogP contribution < -0.4 is 4.74 Å². The van der Waals surface area contributed by atoms with Gasteiger partial charge < -0.3 is 9.47 Å². The van der Waals surface area contributed by atoms with E-state index in [9.17, 15) is 4.79 Å². The number of para-hydroxylation sites is 1. The molecule has 3 heteroatoms. The van der Waals surface area contributed by atoms with Gasteiger partial charge in [0.2, 0.25) is 0 Å². The Morgan fingerprint density at radius 2 is 2.19 bits per heavy atom. The highest BCUT2D eigenvalue weighted by atomic mass is 16.6. The maximum Gasteiger partial charge on any atom is 0.342 e. The molecule has 0 unspecified atom stereocenters. The summed E-state index contributed by atoms with van der Waals surface area (Å²) in [6.07, 6.45) is 2.91. The predicted octanol–water partition coefficient (Wildman–Crippen LogP) is 2.79. The monoisotopic (exact) mass is 220 g/mol. The van der Waals surface area contributed by atoms with Crippen molar-refractivity contribution in [2.45, 2.75) is 32.3 Å². The molecule has 3 nitrogen and oxygen atoms in total. The van der Waals surface area contributed by atoms with E-state index in [-0.39, 0.29) is 12.1 Å². The van der Waals surface area contributed by atoms with E-state index in [0.29, 0.717) is 17.9 Å². The third-order valence-corrected chi connectivity index (χ3v) is 2.69. The molecule has 0 radical (unpaired) electrons. The summed E-state index contributed by atoms with van der Waals surface area (Å²) in [5.41, 5.74) is 0.529. The van der Waals surface area contributed by atoms with Gasteiger partial charge >= 0.3 is 5.97 Å². The number of ether oxygens (including phenoxy) is 2. The second-order valence-electron chi connectivity index (χ2n) is 3.98. The molecular formula is C13H16O3. The Balaban J connectivity index is 2.10. The minimum atomic E-state index is -0.269. The predicted molar refractivity (Wildman–Crippen MR) is 60.7 cm³/mol. The van der Waals surface area contributed by atoms with Crippen LogP contribution in [0.25, 0.3) is 0 Å². The molecule has 2 rings (SSSR count). The van der Waals surface area contributed by atoms with E-state index in [2.05, 4.69) is 6.92 Å². The Morgan fingerprint density at radius 3 is 3.00 bits per heavy atom. The van der Waals surface area contributed by atoms with E-state index in [4.69, 9.17) is 9.47 Å². The first-order valence-corrected chi connectivity index (χ1v) is 5.74. The number of fused-ring (bicyclic) bond motifs is 1. The SMILES string of the molecule is CCCC[C@H]1COc2ccccc2C(=O)O1. The molecule has 1 aliphatic heterocycles. The van der Waals surface area contributed by atoms with Gasteiger partial charge in [0, 0.05) is 0 Å². The summed E-state index contributed by atoms with van der Waals surface area (Å²) in [6, 6.07) is 7.22. The molecule has 0 spiro atoms. The minimum Gasteiger partial charge on any atom is -0.489 e. The molecule has 0 aromatic heterocycles. The number of hydrogen-bond donors (Lipinski definition) is 0. The van der Waals surface area contributed by atoms with Gasteiger partial charge in [0.05, 0.1) is 0 Å². The van der Waals surface area contributed by atoms with Crippen LogP contribution in [0.15, 0.2) is 24.3 Å². The standard InChI is InChI=1S/C13H16O3/c1-2-3-6-10-9-15-12-8-5-4-7-11(12)13(14)16-10/h4-5,7-8,10H,2-3,6,9H2,1H3/t10-/m0/s1. The lowest BCUT2D eigenvalue weighted by molar-refractivity contribution is 0.0208. The van der Waals surface area contributed by atoms with Gasteiger partial charge in [-0.05, 0) is 25.0 Å². The zero-order valence-corrected chi connectivity index (χ0v) is 9.44. The van der Waals surface area contributed by atoms with Gasteiger partial charge in [0.15, 0.2) is 0 Å². The number of cyclic esters (lactones) is 1. The van der Waals surface area contributed by atoms with Crippen LogP contribution in [0, 0.1) is 0 Å². The highest BCUT2D eigenvalue weighted by Crippen LogP contribution is 2.24. The summed E-state index contributed by atoms with van der Waals surface area (Å²) >= 11 is 0. The molecule has 1 aromatic carbocycles. The number of carbonyl (C=O) groups is 1. The second-order valence-corrected chi connectivity index (χ2v) is 3.98. The largest absolute Gasteiger partial charge is 0.489 e. The molecule has 0 N–H and O–H groups in total. The summed E-state index contributed by atoms with van der Waals surface area (Å²) < 4.78 is 11.0. The molecule has 0 saturated carbocycles. The molecule has 1 aromatic rings. The van der Waals surface area contributed by atoms with Crippen LogP contribution in [0.5, 0.6) is 5.75 Å². The number of carbonyl (C=O) groups excluding carboxylic acids is 1. The van der Waals surface area contributed by atoms with Gasteiger partial charge in [0.1, 0.15) is 24.0 Å². The molecule has 1 atom stereocenters. The highest BCUT2D eigenvalue weighted by molar-refractivity contribution is 5.92. The second kappa shape index (κ2) is 5.01. The Bertz CT molecular complexity index is 373. The van der Waals surface area contributed by atoms with Crippen molar-refractivity contribution in [1.82, 2.24) is 0 Å². The topological polar surface area (TPSA) is 35.5 Å². The molecular weight excluding hydrogens is 204 g/mol. The fourth-order valence-corrected chi connectivity index (χ4v) is 1.77. The molecule has 86 valence electrons. The van der Waals surface area contributed by atoms with Crippen LogP contribution in [-0.2, 0) is 4.74 Å². The van der Waals surface area contributed by atoms with Gasteiger partial charge in [0.25, 0.3) is 0 Å². The van der Waals surface area contributed by atoms with Gasteiger partial charge in [-0.25, -0.2) is 4.79 Å². The quantitative estimate of drug-likeness (QED) is 0.735. The Morgan fingerprint density at radius 1 is 1.38 bits per heavy atom. The van der Waals surface area contributed by atoms with E-state index in [1.807, 2.05) is 12.1 Å². The third kappa shape index (κ3) is 2.35. The lowest BCUT2D eigenvalue weighted by atomic mass is 10.2. The zero-order valence-electron chi connectivity index (χ0n) is 9.44. The van der Waals surface area contributed by atoms with Gasteiger partial charge in [-0.3, -0.25) is 0 Å². The van der Waals surface area contributed by atoms with E-state index in [1.165, 1.54) is 0 Å². The summed E-state index contributed by atoms with van der Waals surface area (Å²) in [5, 5.41) is 0. The van der Waals surface area contributed by atoms with Crippen molar-refractivity contribution in [3.05, 3.63) is 29.8 Å². The van der Waals surface area contributed by atoms with Crippen LogP contribution in [0.4, 0.5) is 0 Å². The van der Waals surface area contributed by atoms with Crippen molar-refractivity contribution in [2.75, 3.05) is 6.61 Å². The Kier molecular flexibility index (Phi) is 3.44. The van der Waals surface area contributed by atoms with Gasteiger partial charge in [-0.15, -0.1) is 0 Å². The van der Waals surface area contributed by atoms with Crippen molar-refractivity contribution in [3.63, 3.8) is 0 Å². The maximum atomic E-state index is 11.8. The first kappa shape index (κ1) is 11.0. The van der Waals surface area contributed by atoms with E-state index < -0.39 is 0 Å². The van der Waals surface area contributed by atoms with Crippen LogP contribution in [-0.4, -0.2) is 18.7 Å². The first-order chi connectivity index (χ1) is 7.81. The third-order valence-electron chi connectivity index (χ3n) is 2.69. The van der Waals surface area contributed by atoms with Crippen LogP contribution in [0.2, 0.25) is 0 Å². The number of esters is 1. The smallest absolute Gasteiger partial charge is 0.342 e. The average molecular weight is 220 g/mol. The first-order valence-electron chi connectivity index (χ1n) is 5.74. The summed E-state index contributed by atoms with van der Waals surface area (Å²) in [7, 11) is 0. The summed E-state index contributed by atoms with van der Waals surface area (Å²) in [6.45, 7) is 2.58. The fraction of sp³-hybridized carbons (Fsp3) is 0.462. The van der Waals surface area contributed by atoms with Crippen molar-refractivity contribution in [1.29, 1.82) is 0 Å². The lowest BCUT2D eigenvalue weighted by Crippen LogP contribution is -2.21. The van der Waals surface area contributed by atoms with Crippen LogP contribution >= 0.6 is 0 Å². The van der Waals surface area contributed by atoms with Crippen LogP contribution in [0.3, 0.4) is 0 Å². The summed E-state index contributed by atoms with van der Waals surface area (Å²) in [4.78, 5) is 11.8. The maximum absolute atomic E-state index is 11.8. The van der Waals surface area contributed by atoms with Gasteiger partial charge in [-0.2, -0.15) is 0 Å². The normalized spacial score (nSPS) is 19.3. The molecule has 0 amide bonds. The van der Waals surface area contributed by atoms with Crippen LogP contribution in [0.1, 0.15) is 36.5 Å². The zero-order chi connectivity index (χ0) is 11.4. The minimum absolute atomic E-state index is 0.111. The van der Waals surface area contributed by atoms with Crippen molar-refractivity contribution in [3.8, 4) is 5.75 Å². The van der Waals surface area contributed by atoms with Crippen molar-refractivity contribution >= 4 is 5.97 Å². The Labute approximate surface area is 95.4 Å². The highest BCUT2D eigenvalue weighted by Gasteiger charge is 2.23. The number of unbranched alkanes of at least 4 members (excludes halogenated alkanes) is 1. The number of benzene rings is 1. The molecule has 0 bridgehead atoms. The summed E-state index contributed by atoms with van der Waals surface area (Å²) in [5.74, 6) is 0.362. The number of hydrogen-bond acceptors (Lipinski definition) is 3. The Hall–Kier alpha value is -1.51. The van der Waals surface area contributed by atoms with Crippen molar-refractivity contribution in [2.24, 2.45) is 0 Å². The van der Waals surface area contributed by atoms with Gasteiger partial charge in [-0.1, -0.05) is 25.5 Å². The van der Waals surface area contributed by atoms with E-state index >= 15 is 0 Å².